The molecule has 3 atom stereocenters. The highest BCUT2D eigenvalue weighted by atomic mass is 14.7. The molecule has 2 nitrogen and oxygen atoms in total. The zero-order valence-electron chi connectivity index (χ0n) is 8.90. The fourth-order valence-electron chi connectivity index (χ4n) is 2.05. The molecule has 2 N–H and O–H groups in total. The summed E-state index contributed by atoms with van der Waals surface area (Å²) in [6.45, 7) is 4.38. The molecule has 1 aliphatic carbocycles. The lowest BCUT2D eigenvalue weighted by Gasteiger charge is -2.11. The van der Waals surface area contributed by atoms with E-state index in [1.807, 2.05) is 12.3 Å². The molecule has 0 aliphatic heterocycles. The van der Waals surface area contributed by atoms with Crippen LogP contribution in [0.4, 0.5) is 0 Å². The molecule has 14 heavy (non-hydrogen) atoms. The molecule has 1 fully saturated rings. The Bertz CT molecular complexity index is 322. The lowest BCUT2D eigenvalue weighted by Crippen LogP contribution is -2.26. The van der Waals surface area contributed by atoms with Crippen molar-refractivity contribution in [2.24, 2.45) is 17.6 Å². The van der Waals surface area contributed by atoms with Gasteiger partial charge in [0.1, 0.15) is 0 Å². The number of aromatic nitrogens is 1. The predicted octanol–water partition coefficient (Wildman–Crippen LogP) is 1.92. The zero-order valence-corrected chi connectivity index (χ0v) is 8.90. The molecular weight excluding hydrogens is 172 g/mol. The first-order chi connectivity index (χ1) is 6.68. The number of rotatable bonds is 3. The Morgan fingerprint density at radius 1 is 1.64 bits per heavy atom. The normalized spacial score (nSPS) is 27.4. The van der Waals surface area contributed by atoms with Crippen molar-refractivity contribution in [3.8, 4) is 0 Å². The first-order valence-corrected chi connectivity index (χ1v) is 5.34. The van der Waals surface area contributed by atoms with Gasteiger partial charge in [-0.3, -0.25) is 4.98 Å². The summed E-state index contributed by atoms with van der Waals surface area (Å²) in [5.41, 5.74) is 8.56. The number of pyridine rings is 1. The third-order valence-corrected chi connectivity index (χ3v) is 3.27. The molecule has 0 saturated heterocycles. The molecule has 0 bridgehead atoms. The van der Waals surface area contributed by atoms with Crippen LogP contribution in [0.3, 0.4) is 0 Å². The van der Waals surface area contributed by atoms with E-state index in [0.29, 0.717) is 6.04 Å². The zero-order chi connectivity index (χ0) is 10.1. The standard InChI is InChI=1S/C12H18N2/c1-8-4-3-5-14-12(8)7-11(13)10-6-9(10)2/h3-5,9-11H,6-7,13H2,1-2H3. The van der Waals surface area contributed by atoms with E-state index in [0.717, 1.165) is 18.3 Å². The minimum Gasteiger partial charge on any atom is -0.327 e. The minimum atomic E-state index is 0.304. The second-order valence-corrected chi connectivity index (χ2v) is 4.51. The van der Waals surface area contributed by atoms with Gasteiger partial charge in [-0.05, 0) is 36.8 Å². The second-order valence-electron chi connectivity index (χ2n) is 4.51. The van der Waals surface area contributed by atoms with E-state index < -0.39 is 0 Å². The van der Waals surface area contributed by atoms with Crippen molar-refractivity contribution in [1.82, 2.24) is 4.98 Å². The van der Waals surface area contributed by atoms with Crippen LogP contribution in [0.2, 0.25) is 0 Å². The van der Waals surface area contributed by atoms with Crippen molar-refractivity contribution >= 4 is 0 Å². The van der Waals surface area contributed by atoms with Crippen LogP contribution in [0.5, 0.6) is 0 Å². The van der Waals surface area contributed by atoms with Gasteiger partial charge in [0.25, 0.3) is 0 Å². The number of nitrogens with two attached hydrogens (primary N) is 1. The van der Waals surface area contributed by atoms with Crippen molar-refractivity contribution in [3.05, 3.63) is 29.6 Å². The largest absolute Gasteiger partial charge is 0.327 e. The summed E-state index contributed by atoms with van der Waals surface area (Å²) >= 11 is 0. The van der Waals surface area contributed by atoms with E-state index in [1.165, 1.54) is 17.7 Å². The molecule has 1 saturated carbocycles. The van der Waals surface area contributed by atoms with Gasteiger partial charge in [-0.2, -0.15) is 0 Å². The van der Waals surface area contributed by atoms with Gasteiger partial charge in [0, 0.05) is 24.4 Å². The van der Waals surface area contributed by atoms with Gasteiger partial charge in [-0.15, -0.1) is 0 Å². The fraction of sp³-hybridized carbons (Fsp3) is 0.583. The lowest BCUT2D eigenvalue weighted by molar-refractivity contribution is 0.553. The quantitative estimate of drug-likeness (QED) is 0.790. The second kappa shape index (κ2) is 3.70. The van der Waals surface area contributed by atoms with Crippen LogP contribution in [0, 0.1) is 18.8 Å². The predicted molar refractivity (Wildman–Crippen MR) is 57.9 cm³/mol. The molecule has 1 aliphatic rings. The number of hydrogen-bond acceptors (Lipinski definition) is 2. The van der Waals surface area contributed by atoms with E-state index in [4.69, 9.17) is 5.73 Å². The summed E-state index contributed by atoms with van der Waals surface area (Å²) < 4.78 is 0. The van der Waals surface area contributed by atoms with Gasteiger partial charge in [0.15, 0.2) is 0 Å². The van der Waals surface area contributed by atoms with Crippen LogP contribution in [0.25, 0.3) is 0 Å². The third kappa shape index (κ3) is 1.95. The lowest BCUT2D eigenvalue weighted by atomic mass is 10.0. The Kier molecular flexibility index (Phi) is 2.55. The van der Waals surface area contributed by atoms with Gasteiger partial charge < -0.3 is 5.73 Å². The van der Waals surface area contributed by atoms with Gasteiger partial charge in [0.05, 0.1) is 0 Å². The molecule has 0 spiro atoms. The Balaban J connectivity index is 2.00. The SMILES string of the molecule is Cc1cccnc1CC(N)C1CC1C. The Morgan fingerprint density at radius 3 is 2.93 bits per heavy atom. The average molecular weight is 190 g/mol. The molecular formula is C12H18N2. The van der Waals surface area contributed by atoms with Crippen molar-refractivity contribution in [1.29, 1.82) is 0 Å². The molecule has 0 amide bonds. The van der Waals surface area contributed by atoms with E-state index >= 15 is 0 Å². The maximum absolute atomic E-state index is 6.13. The summed E-state index contributed by atoms with van der Waals surface area (Å²) in [5, 5.41) is 0. The van der Waals surface area contributed by atoms with Crippen LogP contribution >= 0.6 is 0 Å². The smallest absolute Gasteiger partial charge is 0.0448 e. The monoisotopic (exact) mass is 190 g/mol. The first kappa shape index (κ1) is 9.66. The van der Waals surface area contributed by atoms with Crippen molar-refractivity contribution in [2.45, 2.75) is 32.7 Å². The Morgan fingerprint density at radius 2 is 2.36 bits per heavy atom. The van der Waals surface area contributed by atoms with Crippen LogP contribution in [-0.4, -0.2) is 11.0 Å². The van der Waals surface area contributed by atoms with Gasteiger partial charge in [-0.25, -0.2) is 0 Å². The van der Waals surface area contributed by atoms with Crippen LogP contribution < -0.4 is 5.73 Å². The van der Waals surface area contributed by atoms with Crippen LogP contribution in [0.15, 0.2) is 18.3 Å². The minimum absolute atomic E-state index is 0.304. The maximum atomic E-state index is 6.13. The molecule has 1 aromatic heterocycles. The summed E-state index contributed by atoms with van der Waals surface area (Å²) in [7, 11) is 0. The van der Waals surface area contributed by atoms with Crippen molar-refractivity contribution < 1.29 is 0 Å². The molecule has 2 rings (SSSR count). The number of hydrogen-bond donors (Lipinski definition) is 1. The van der Waals surface area contributed by atoms with Crippen LogP contribution in [0.1, 0.15) is 24.6 Å². The summed E-state index contributed by atoms with van der Waals surface area (Å²) in [5.74, 6) is 1.56. The van der Waals surface area contributed by atoms with E-state index in [2.05, 4.69) is 24.9 Å². The fourth-order valence-corrected chi connectivity index (χ4v) is 2.05. The van der Waals surface area contributed by atoms with Crippen molar-refractivity contribution in [3.63, 3.8) is 0 Å². The van der Waals surface area contributed by atoms with E-state index in [9.17, 15) is 0 Å². The van der Waals surface area contributed by atoms with Gasteiger partial charge >= 0.3 is 0 Å². The molecule has 0 aromatic carbocycles. The summed E-state index contributed by atoms with van der Waals surface area (Å²) in [6.07, 6.45) is 4.08. The molecule has 0 radical (unpaired) electrons. The molecule has 1 aromatic rings. The molecule has 2 heteroatoms. The number of nitrogens with zero attached hydrogens (tertiary/aromatic N) is 1. The highest BCUT2D eigenvalue weighted by molar-refractivity contribution is 5.19. The maximum Gasteiger partial charge on any atom is 0.0448 e. The number of aryl methyl sites for hydroxylation is 1. The highest BCUT2D eigenvalue weighted by Gasteiger charge is 2.37. The Labute approximate surface area is 85.5 Å². The first-order valence-electron chi connectivity index (χ1n) is 5.34. The average Bonchev–Trinajstić information content (AvgIpc) is 2.87. The van der Waals surface area contributed by atoms with E-state index in [-0.39, 0.29) is 0 Å². The highest BCUT2D eigenvalue weighted by Crippen LogP contribution is 2.40. The molecule has 3 unspecified atom stereocenters. The van der Waals surface area contributed by atoms with Crippen LogP contribution in [-0.2, 0) is 6.42 Å². The Hall–Kier alpha value is -0.890. The van der Waals surface area contributed by atoms with Crippen molar-refractivity contribution in [2.75, 3.05) is 0 Å². The van der Waals surface area contributed by atoms with Gasteiger partial charge in [-0.1, -0.05) is 13.0 Å². The summed E-state index contributed by atoms with van der Waals surface area (Å²) in [6, 6.07) is 4.38. The summed E-state index contributed by atoms with van der Waals surface area (Å²) in [4.78, 5) is 4.37. The third-order valence-electron chi connectivity index (χ3n) is 3.27. The molecule has 1 heterocycles. The van der Waals surface area contributed by atoms with E-state index in [1.54, 1.807) is 0 Å². The topological polar surface area (TPSA) is 38.9 Å². The molecule has 76 valence electrons. The van der Waals surface area contributed by atoms with Gasteiger partial charge in [0.2, 0.25) is 0 Å².